The Morgan fingerprint density at radius 3 is 1.50 bits per heavy atom. The van der Waals surface area contributed by atoms with Gasteiger partial charge in [0.2, 0.25) is 5.91 Å². The van der Waals surface area contributed by atoms with E-state index in [1.807, 2.05) is 0 Å². The van der Waals surface area contributed by atoms with Crippen LogP contribution in [0.4, 0.5) is 0 Å². The number of amides is 1. The average Bonchev–Trinajstić information content (AvgIpc) is 3.06. The summed E-state index contributed by atoms with van der Waals surface area (Å²) in [7, 11) is 0. The van der Waals surface area contributed by atoms with Crippen molar-refractivity contribution in [3.8, 4) is 0 Å². The predicted molar refractivity (Wildman–Crippen MR) is 145 cm³/mol. The van der Waals surface area contributed by atoms with E-state index >= 15 is 0 Å². The molecule has 4 saturated heterocycles. The monoisotopic (exact) mass is 707 g/mol. The minimum atomic E-state index is -2.04. The topological polar surface area (TPSA) is 357 Å². The van der Waals surface area contributed by atoms with Gasteiger partial charge in [0.05, 0.1) is 26.4 Å². The Bertz CT molecular complexity index is 1030. The molecule has 22 nitrogen and oxygen atoms in total. The first-order chi connectivity index (χ1) is 22.7. The molecule has 48 heavy (non-hydrogen) atoms. The summed E-state index contributed by atoms with van der Waals surface area (Å²) >= 11 is 0. The van der Waals surface area contributed by atoms with Gasteiger partial charge in [0.25, 0.3) is 0 Å². The summed E-state index contributed by atoms with van der Waals surface area (Å²) in [5.41, 5.74) is 0. The molecule has 0 aromatic carbocycles. The van der Waals surface area contributed by atoms with Gasteiger partial charge in [-0.3, -0.25) is 4.79 Å². The van der Waals surface area contributed by atoms with Gasteiger partial charge in [0.1, 0.15) is 97.6 Å². The Kier molecular flexibility index (Phi) is 13.8. The highest BCUT2D eigenvalue weighted by molar-refractivity contribution is 5.73. The molecule has 0 saturated carbocycles. The molecule has 0 aromatic heterocycles. The molecule has 0 unspecified atom stereocenters. The number of hydrogen-bond acceptors (Lipinski definition) is 21. The smallest absolute Gasteiger partial charge is 0.217 e. The van der Waals surface area contributed by atoms with Crippen molar-refractivity contribution in [2.45, 2.75) is 130 Å². The van der Waals surface area contributed by atoms with E-state index in [0.717, 1.165) is 6.92 Å². The Labute approximate surface area is 272 Å². The minimum Gasteiger partial charge on any atom is -0.394 e. The van der Waals surface area contributed by atoms with Crippen LogP contribution in [0.5, 0.6) is 0 Å². The van der Waals surface area contributed by atoms with Crippen LogP contribution in [0.3, 0.4) is 0 Å². The van der Waals surface area contributed by atoms with Gasteiger partial charge in [-0.2, -0.15) is 0 Å². The lowest BCUT2D eigenvalue weighted by atomic mass is 9.94. The van der Waals surface area contributed by atoms with Gasteiger partial charge in [0.15, 0.2) is 25.2 Å². The summed E-state index contributed by atoms with van der Waals surface area (Å²) in [5, 5.41) is 136. The second-order valence-corrected chi connectivity index (χ2v) is 11.9. The third kappa shape index (κ3) is 8.08. The fraction of sp³-hybridized carbons (Fsp3) is 0.962. The zero-order valence-corrected chi connectivity index (χ0v) is 25.5. The van der Waals surface area contributed by atoms with Crippen molar-refractivity contribution in [1.29, 1.82) is 0 Å². The number of nitrogens with one attached hydrogen (secondary N) is 1. The van der Waals surface area contributed by atoms with E-state index in [1.165, 1.54) is 0 Å². The molecule has 0 bridgehead atoms. The molecule has 0 aromatic rings. The van der Waals surface area contributed by atoms with Gasteiger partial charge in [-0.05, 0) is 0 Å². The second kappa shape index (κ2) is 16.8. The van der Waals surface area contributed by atoms with Crippen LogP contribution in [0.25, 0.3) is 0 Å². The van der Waals surface area contributed by atoms with Gasteiger partial charge >= 0.3 is 0 Å². The third-order valence-corrected chi connectivity index (χ3v) is 8.61. The summed E-state index contributed by atoms with van der Waals surface area (Å²) in [5.74, 6) is -0.765. The average molecular weight is 708 g/mol. The normalized spacial score (nSPS) is 50.2. The summed E-state index contributed by atoms with van der Waals surface area (Å²) < 4.78 is 38.7. The van der Waals surface area contributed by atoms with E-state index in [4.69, 9.17) is 33.2 Å². The second-order valence-electron chi connectivity index (χ2n) is 11.9. The Morgan fingerprint density at radius 1 is 0.500 bits per heavy atom. The maximum absolute atomic E-state index is 12.3. The van der Waals surface area contributed by atoms with Crippen LogP contribution in [0.1, 0.15) is 6.92 Å². The van der Waals surface area contributed by atoms with E-state index in [2.05, 4.69) is 5.32 Å². The highest BCUT2D eigenvalue weighted by atomic mass is 16.8. The maximum atomic E-state index is 12.3. The van der Waals surface area contributed by atoms with Gasteiger partial charge in [-0.25, -0.2) is 0 Å². The molecule has 4 heterocycles. The standard InChI is InChI=1S/C26H45NO21/c1-6(32)27-11-21(47-25-18(39)15(36)12(33)7(2-28)44-25)13(34)8(3-29)43-24(11)48-22-14(35)9(4-30)45-26(19(22)40)46-20-10(5-31)42-23(41)17(38)16(20)37/h7-26,28-31,33-41H,2-5H2,1H3,(H,27,32)/t7-,8-,9-,10-,11-,12+,13-,14+,15+,16-,17-,18-,19-,20-,21-,22+,23+,24+,25+,26+/m1/s1. The fourth-order valence-electron chi connectivity index (χ4n) is 5.94. The van der Waals surface area contributed by atoms with Crippen molar-refractivity contribution in [1.82, 2.24) is 5.32 Å². The number of carbonyl (C=O) groups is 1. The number of ether oxygens (including phenoxy) is 7. The lowest BCUT2D eigenvalue weighted by Gasteiger charge is -2.50. The molecule has 0 radical (unpaired) electrons. The Hall–Kier alpha value is -1.33. The zero-order valence-electron chi connectivity index (χ0n) is 25.5. The SMILES string of the molecule is CC(=O)N[C@H]1[C@H](O[C@H]2[C@@H](O)[C@@H](CO)O[C@@H](O[C@H]3[C@H](O)[C@@H](O)[C@@H](O)O[C@@H]3CO)[C@@H]2O)O[C@H](CO)[C@@H](O)[C@@H]1O[C@@H]1O[C@H](CO)[C@H](O)[C@H](O)[C@H]1O. The van der Waals surface area contributed by atoms with Crippen LogP contribution in [0, 0.1) is 0 Å². The van der Waals surface area contributed by atoms with Crippen molar-refractivity contribution >= 4 is 5.91 Å². The molecule has 14 N–H and O–H groups in total. The molecule has 280 valence electrons. The number of aliphatic hydroxyl groups excluding tert-OH is 13. The number of rotatable bonds is 11. The molecule has 1 amide bonds. The van der Waals surface area contributed by atoms with Gasteiger partial charge in [0, 0.05) is 6.92 Å². The molecular weight excluding hydrogens is 662 g/mol. The molecule has 4 fully saturated rings. The summed E-state index contributed by atoms with van der Waals surface area (Å²) in [6.07, 6.45) is -33.8. The zero-order chi connectivity index (χ0) is 35.6. The number of hydrogen-bond donors (Lipinski definition) is 14. The van der Waals surface area contributed by atoms with Crippen LogP contribution < -0.4 is 5.32 Å². The predicted octanol–water partition coefficient (Wildman–Crippen LogP) is -9.61. The van der Waals surface area contributed by atoms with Crippen molar-refractivity contribution in [2.75, 3.05) is 26.4 Å². The van der Waals surface area contributed by atoms with Crippen LogP contribution >= 0.6 is 0 Å². The maximum Gasteiger partial charge on any atom is 0.217 e. The largest absolute Gasteiger partial charge is 0.394 e. The highest BCUT2D eigenvalue weighted by Crippen LogP contribution is 2.34. The molecular formula is C26H45NO21. The first-order valence-corrected chi connectivity index (χ1v) is 15.1. The lowest BCUT2D eigenvalue weighted by molar-refractivity contribution is -0.379. The van der Waals surface area contributed by atoms with E-state index in [-0.39, 0.29) is 0 Å². The summed E-state index contributed by atoms with van der Waals surface area (Å²) in [6.45, 7) is -2.41. The summed E-state index contributed by atoms with van der Waals surface area (Å²) in [4.78, 5) is 12.3. The van der Waals surface area contributed by atoms with Gasteiger partial charge < -0.3 is 105 Å². The molecule has 20 atom stereocenters. The first-order valence-electron chi connectivity index (χ1n) is 15.1. The minimum absolute atomic E-state index is 0.765. The van der Waals surface area contributed by atoms with Crippen molar-refractivity contribution in [3.05, 3.63) is 0 Å². The highest BCUT2D eigenvalue weighted by Gasteiger charge is 2.55. The quantitative estimate of drug-likeness (QED) is 0.0947. The fourth-order valence-corrected chi connectivity index (χ4v) is 5.94. The van der Waals surface area contributed by atoms with E-state index in [1.54, 1.807) is 0 Å². The van der Waals surface area contributed by atoms with E-state index < -0.39 is 155 Å². The Morgan fingerprint density at radius 2 is 0.958 bits per heavy atom. The molecule has 4 aliphatic heterocycles. The van der Waals surface area contributed by atoms with Crippen molar-refractivity contribution in [2.24, 2.45) is 0 Å². The lowest BCUT2D eigenvalue weighted by Crippen LogP contribution is -2.70. The van der Waals surface area contributed by atoms with E-state index in [0.29, 0.717) is 0 Å². The van der Waals surface area contributed by atoms with E-state index in [9.17, 15) is 71.2 Å². The Balaban J connectivity index is 1.61. The van der Waals surface area contributed by atoms with Gasteiger partial charge in [-0.1, -0.05) is 0 Å². The van der Waals surface area contributed by atoms with Crippen LogP contribution in [-0.2, 0) is 38.0 Å². The molecule has 4 rings (SSSR count). The van der Waals surface area contributed by atoms with Crippen LogP contribution in [0.2, 0.25) is 0 Å². The van der Waals surface area contributed by atoms with Crippen LogP contribution in [-0.4, -0.2) is 221 Å². The van der Waals surface area contributed by atoms with Gasteiger partial charge in [-0.15, -0.1) is 0 Å². The number of aliphatic hydroxyl groups is 13. The number of carbonyl (C=O) groups excluding carboxylic acids is 1. The molecule has 4 aliphatic rings. The summed E-state index contributed by atoms with van der Waals surface area (Å²) in [6, 6.07) is -1.61. The van der Waals surface area contributed by atoms with Crippen LogP contribution in [0.15, 0.2) is 0 Å². The molecule has 0 aliphatic carbocycles. The van der Waals surface area contributed by atoms with Crippen molar-refractivity contribution < 1.29 is 104 Å². The molecule has 22 heteroatoms. The third-order valence-electron chi connectivity index (χ3n) is 8.61. The first kappa shape index (κ1) is 39.5. The van der Waals surface area contributed by atoms with Crippen molar-refractivity contribution in [3.63, 3.8) is 0 Å². The molecule has 0 spiro atoms.